The molecule has 3 aromatic rings. The predicted octanol–water partition coefficient (Wildman–Crippen LogP) is 3.46. The van der Waals surface area contributed by atoms with E-state index in [4.69, 9.17) is 4.74 Å². The molecule has 0 N–H and O–H groups in total. The van der Waals surface area contributed by atoms with Crippen molar-refractivity contribution in [2.24, 2.45) is 5.92 Å². The number of amides is 1. The Balaban J connectivity index is 1.42. The average Bonchev–Trinajstić information content (AvgIpc) is 3.30. The van der Waals surface area contributed by atoms with E-state index < -0.39 is 0 Å². The molecule has 0 spiro atoms. The van der Waals surface area contributed by atoms with Gasteiger partial charge in [-0.2, -0.15) is 5.10 Å². The van der Waals surface area contributed by atoms with Gasteiger partial charge in [-0.05, 0) is 54.0 Å². The minimum Gasteiger partial charge on any atom is -0.497 e. The Morgan fingerprint density at radius 3 is 2.93 bits per heavy atom. The fraction of sp³-hybridized carbons (Fsp3) is 0.348. The van der Waals surface area contributed by atoms with E-state index in [1.165, 1.54) is 0 Å². The monoisotopic (exact) mass is 423 g/mol. The van der Waals surface area contributed by atoms with Crippen LogP contribution in [0.25, 0.3) is 10.6 Å². The van der Waals surface area contributed by atoms with Crippen LogP contribution in [0.1, 0.15) is 18.4 Å². The highest BCUT2D eigenvalue weighted by Crippen LogP contribution is 2.23. The first-order chi connectivity index (χ1) is 14.6. The zero-order chi connectivity index (χ0) is 20.9. The zero-order valence-electron chi connectivity index (χ0n) is 17.0. The molecule has 1 amide bonds. The molecule has 0 bridgehead atoms. The lowest BCUT2D eigenvalue weighted by molar-refractivity contribution is -0.132. The molecule has 1 saturated heterocycles. The number of nitrogens with zero attached hydrogens (tertiary/aromatic N) is 3. The summed E-state index contributed by atoms with van der Waals surface area (Å²) in [5, 5.41) is 6.56. The molecule has 156 valence electrons. The van der Waals surface area contributed by atoms with E-state index in [9.17, 15) is 9.59 Å². The van der Waals surface area contributed by atoms with E-state index in [0.717, 1.165) is 41.3 Å². The van der Waals surface area contributed by atoms with Crippen molar-refractivity contribution in [2.75, 3.05) is 20.2 Å². The first-order valence-electron chi connectivity index (χ1n) is 10.1. The van der Waals surface area contributed by atoms with Gasteiger partial charge < -0.3 is 9.64 Å². The number of methoxy groups -OCH3 is 1. The third-order valence-electron chi connectivity index (χ3n) is 5.43. The molecule has 0 aliphatic carbocycles. The van der Waals surface area contributed by atoms with Crippen molar-refractivity contribution in [1.29, 1.82) is 0 Å². The van der Waals surface area contributed by atoms with Crippen molar-refractivity contribution in [3.8, 4) is 16.3 Å². The van der Waals surface area contributed by atoms with Crippen LogP contribution >= 0.6 is 11.3 Å². The third-order valence-corrected chi connectivity index (χ3v) is 6.32. The van der Waals surface area contributed by atoms with Crippen molar-refractivity contribution < 1.29 is 9.53 Å². The molecule has 1 aliphatic rings. The highest BCUT2D eigenvalue weighted by Gasteiger charge is 2.24. The van der Waals surface area contributed by atoms with E-state index in [1.54, 1.807) is 35.3 Å². The van der Waals surface area contributed by atoms with Crippen molar-refractivity contribution in [2.45, 2.75) is 25.8 Å². The highest BCUT2D eigenvalue weighted by molar-refractivity contribution is 7.13. The molecular formula is C23H25N3O3S. The van der Waals surface area contributed by atoms with Crippen molar-refractivity contribution in [3.63, 3.8) is 0 Å². The molecule has 1 fully saturated rings. The number of ether oxygens (including phenoxy) is 1. The zero-order valence-corrected chi connectivity index (χ0v) is 17.8. The van der Waals surface area contributed by atoms with Crippen LogP contribution < -0.4 is 10.3 Å². The largest absolute Gasteiger partial charge is 0.497 e. The molecule has 4 rings (SSSR count). The van der Waals surface area contributed by atoms with E-state index in [2.05, 4.69) is 5.10 Å². The fourth-order valence-corrected chi connectivity index (χ4v) is 4.58. The van der Waals surface area contributed by atoms with Gasteiger partial charge in [0.2, 0.25) is 5.91 Å². The number of thiophene rings is 1. The molecule has 30 heavy (non-hydrogen) atoms. The van der Waals surface area contributed by atoms with Crippen LogP contribution in [-0.4, -0.2) is 40.8 Å². The van der Waals surface area contributed by atoms with Crippen LogP contribution in [0.4, 0.5) is 0 Å². The number of aromatic nitrogens is 2. The molecule has 1 aromatic carbocycles. The molecule has 0 saturated carbocycles. The van der Waals surface area contributed by atoms with E-state index in [-0.39, 0.29) is 17.4 Å². The maximum absolute atomic E-state index is 12.8. The van der Waals surface area contributed by atoms with Crippen LogP contribution in [0.5, 0.6) is 5.75 Å². The van der Waals surface area contributed by atoms with Gasteiger partial charge in [0.05, 0.1) is 18.4 Å². The van der Waals surface area contributed by atoms with E-state index >= 15 is 0 Å². The van der Waals surface area contributed by atoms with Crippen LogP contribution in [0.3, 0.4) is 0 Å². The lowest BCUT2D eigenvalue weighted by Gasteiger charge is -2.33. The first kappa shape index (κ1) is 20.3. The smallest absolute Gasteiger partial charge is 0.266 e. The van der Waals surface area contributed by atoms with Crippen molar-refractivity contribution in [3.05, 3.63) is 69.8 Å². The van der Waals surface area contributed by atoms with Crippen LogP contribution in [0.2, 0.25) is 0 Å². The number of rotatable bonds is 6. The summed E-state index contributed by atoms with van der Waals surface area (Å²) in [6.45, 7) is 1.94. The average molecular weight is 424 g/mol. The lowest BCUT2D eigenvalue weighted by Crippen LogP contribution is -2.42. The molecule has 2 aromatic heterocycles. The summed E-state index contributed by atoms with van der Waals surface area (Å²) in [5.74, 6) is 1.09. The summed E-state index contributed by atoms with van der Waals surface area (Å²) in [5.41, 5.74) is 1.66. The van der Waals surface area contributed by atoms with Crippen LogP contribution in [0, 0.1) is 5.92 Å². The van der Waals surface area contributed by atoms with Gasteiger partial charge in [0.1, 0.15) is 11.4 Å². The van der Waals surface area contributed by atoms with Crippen molar-refractivity contribution in [1.82, 2.24) is 14.7 Å². The Labute approximate surface area is 179 Å². The van der Waals surface area contributed by atoms with Crippen molar-refractivity contribution >= 4 is 17.2 Å². The number of likely N-dealkylation sites (tertiary alicyclic amines) is 1. The summed E-state index contributed by atoms with van der Waals surface area (Å²) in [4.78, 5) is 28.1. The third kappa shape index (κ3) is 4.79. The molecule has 1 aliphatic heterocycles. The Kier molecular flexibility index (Phi) is 6.28. The summed E-state index contributed by atoms with van der Waals surface area (Å²) < 4.78 is 6.80. The number of carbonyl (C=O) groups is 1. The molecule has 1 atom stereocenters. The normalized spacial score (nSPS) is 16.4. The first-order valence-corrected chi connectivity index (χ1v) is 11.0. The maximum Gasteiger partial charge on any atom is 0.266 e. The molecule has 6 nitrogen and oxygen atoms in total. The number of carbonyl (C=O) groups excluding carboxylic acids is 1. The van der Waals surface area contributed by atoms with Crippen LogP contribution in [0.15, 0.2) is 58.7 Å². The van der Waals surface area contributed by atoms with E-state index in [1.807, 2.05) is 46.7 Å². The van der Waals surface area contributed by atoms with Gasteiger partial charge in [0.15, 0.2) is 0 Å². The maximum atomic E-state index is 12.8. The highest BCUT2D eigenvalue weighted by atomic mass is 32.1. The van der Waals surface area contributed by atoms with Gasteiger partial charge in [-0.25, -0.2) is 4.68 Å². The Morgan fingerprint density at radius 2 is 2.13 bits per heavy atom. The standard InChI is InChI=1S/C23H25N3O3S/c1-29-19-7-2-5-17(13-19)14-23(28)25-11-3-6-18(15-25)16-26-22(27)10-9-20(24-26)21-8-4-12-30-21/h2,4-5,7-10,12-13,18H,3,6,11,14-16H2,1H3/t18-/m1/s1. The molecule has 7 heteroatoms. The van der Waals surface area contributed by atoms with Crippen LogP contribution in [-0.2, 0) is 17.8 Å². The quantitative estimate of drug-likeness (QED) is 0.609. The van der Waals surface area contributed by atoms with Gasteiger partial charge in [0, 0.05) is 25.7 Å². The summed E-state index contributed by atoms with van der Waals surface area (Å²) in [7, 11) is 1.62. The number of piperidine rings is 1. The summed E-state index contributed by atoms with van der Waals surface area (Å²) in [6, 6.07) is 15.0. The Morgan fingerprint density at radius 1 is 1.23 bits per heavy atom. The molecule has 0 unspecified atom stereocenters. The molecule has 3 heterocycles. The second kappa shape index (κ2) is 9.26. The predicted molar refractivity (Wildman–Crippen MR) is 118 cm³/mol. The number of benzene rings is 1. The van der Waals surface area contributed by atoms with Gasteiger partial charge in [-0.1, -0.05) is 18.2 Å². The molecular weight excluding hydrogens is 398 g/mol. The Bertz CT molecular complexity index is 1060. The molecule has 0 radical (unpaired) electrons. The Hall–Kier alpha value is -2.93. The SMILES string of the molecule is COc1cccc(CC(=O)N2CCC[C@@H](Cn3nc(-c4cccs4)ccc3=O)C2)c1. The van der Waals surface area contributed by atoms with Gasteiger partial charge >= 0.3 is 0 Å². The van der Waals surface area contributed by atoms with E-state index in [0.29, 0.717) is 19.5 Å². The second-order valence-corrected chi connectivity index (χ2v) is 8.54. The second-order valence-electron chi connectivity index (χ2n) is 7.59. The van der Waals surface area contributed by atoms with Gasteiger partial charge in [0.25, 0.3) is 5.56 Å². The topological polar surface area (TPSA) is 64.4 Å². The summed E-state index contributed by atoms with van der Waals surface area (Å²) >= 11 is 1.60. The minimum absolute atomic E-state index is 0.102. The fourth-order valence-electron chi connectivity index (χ4n) is 3.89. The van der Waals surface area contributed by atoms with Gasteiger partial charge in [-0.15, -0.1) is 11.3 Å². The summed E-state index contributed by atoms with van der Waals surface area (Å²) in [6.07, 6.45) is 2.28. The lowest BCUT2D eigenvalue weighted by atomic mass is 9.97. The number of hydrogen-bond acceptors (Lipinski definition) is 5. The minimum atomic E-state index is -0.102. The van der Waals surface area contributed by atoms with Gasteiger partial charge in [-0.3, -0.25) is 9.59 Å². The number of hydrogen-bond donors (Lipinski definition) is 0.